The molecular weight excluding hydrogens is 342 g/mol. The maximum atomic E-state index is 12.6. The van der Waals surface area contributed by atoms with Crippen LogP contribution in [0.2, 0.25) is 0 Å². The molecule has 2 aliphatic rings. The van der Waals surface area contributed by atoms with E-state index in [1.165, 1.54) is 0 Å². The minimum atomic E-state index is -0.555. The van der Waals surface area contributed by atoms with Gasteiger partial charge in [0.25, 0.3) is 0 Å². The molecule has 0 aromatic heterocycles. The summed E-state index contributed by atoms with van der Waals surface area (Å²) < 4.78 is 10.9. The molecule has 140 valence electrons. The summed E-state index contributed by atoms with van der Waals surface area (Å²) in [6.07, 6.45) is 2.51. The van der Waals surface area contributed by atoms with E-state index in [-0.39, 0.29) is 11.9 Å². The maximum absolute atomic E-state index is 12.6. The molecular formula is C22H23NO4. The quantitative estimate of drug-likeness (QED) is 0.780. The number of likely N-dealkylation sites (tertiary alicyclic amines) is 1. The van der Waals surface area contributed by atoms with Crippen molar-refractivity contribution in [1.82, 2.24) is 4.90 Å². The van der Waals surface area contributed by atoms with Crippen LogP contribution in [0.5, 0.6) is 5.75 Å². The minimum Gasteiger partial charge on any atom is -0.497 e. The highest BCUT2D eigenvalue weighted by atomic mass is 16.6. The fourth-order valence-electron chi connectivity index (χ4n) is 4.04. The van der Waals surface area contributed by atoms with Crippen molar-refractivity contribution in [1.29, 1.82) is 0 Å². The lowest BCUT2D eigenvalue weighted by Gasteiger charge is -2.38. The summed E-state index contributed by atoms with van der Waals surface area (Å²) in [4.78, 5) is 26.6. The van der Waals surface area contributed by atoms with Crippen molar-refractivity contribution in [3.63, 3.8) is 0 Å². The molecule has 1 amide bonds. The van der Waals surface area contributed by atoms with E-state index in [1.54, 1.807) is 7.11 Å². The highest BCUT2D eigenvalue weighted by Crippen LogP contribution is 2.43. The van der Waals surface area contributed by atoms with Crippen LogP contribution in [-0.4, -0.2) is 37.0 Å². The zero-order valence-electron chi connectivity index (χ0n) is 15.4. The first-order valence-corrected chi connectivity index (χ1v) is 9.35. The Balaban J connectivity index is 1.35. The average Bonchev–Trinajstić information content (AvgIpc) is 2.99. The number of ether oxygens (including phenoxy) is 2. The minimum absolute atomic E-state index is 0.151. The number of piperidine rings is 1. The molecule has 5 nitrogen and oxygen atoms in total. The highest BCUT2D eigenvalue weighted by Gasteiger charge is 2.47. The number of aryl methyl sites for hydroxylation is 1. The van der Waals surface area contributed by atoms with Gasteiger partial charge in [0.2, 0.25) is 5.91 Å². The fraction of sp³-hybridized carbons (Fsp3) is 0.364. The molecule has 0 bridgehead atoms. The van der Waals surface area contributed by atoms with E-state index in [0.29, 0.717) is 44.3 Å². The largest absolute Gasteiger partial charge is 0.497 e. The number of hydrogen-bond acceptors (Lipinski definition) is 4. The van der Waals surface area contributed by atoms with Crippen LogP contribution in [0, 0.1) is 0 Å². The van der Waals surface area contributed by atoms with Gasteiger partial charge in [-0.2, -0.15) is 0 Å². The number of methoxy groups -OCH3 is 1. The van der Waals surface area contributed by atoms with Gasteiger partial charge < -0.3 is 14.4 Å². The van der Waals surface area contributed by atoms with Crippen LogP contribution in [0.3, 0.4) is 0 Å². The van der Waals surface area contributed by atoms with Crippen molar-refractivity contribution < 1.29 is 19.1 Å². The van der Waals surface area contributed by atoms with E-state index >= 15 is 0 Å². The average molecular weight is 365 g/mol. The Bertz CT molecular complexity index is 851. The van der Waals surface area contributed by atoms with E-state index < -0.39 is 5.60 Å². The van der Waals surface area contributed by atoms with Crippen LogP contribution in [0.25, 0.3) is 0 Å². The molecule has 1 spiro atoms. The third kappa shape index (κ3) is 3.29. The third-order valence-corrected chi connectivity index (χ3v) is 5.64. The SMILES string of the molecule is COc1ccc(CCC(=O)N2CCC3(CC2)OC(=O)c2ccccc23)cc1. The zero-order valence-corrected chi connectivity index (χ0v) is 15.4. The summed E-state index contributed by atoms with van der Waals surface area (Å²) >= 11 is 0. The standard InChI is InChI=1S/C22H23NO4/c1-26-17-9-6-16(7-10-17)8-11-20(24)23-14-12-22(13-15-23)19-5-3-2-4-18(19)21(25)27-22/h2-7,9-10H,8,11-15H2,1H3. The van der Waals surface area contributed by atoms with Crippen LogP contribution in [0.4, 0.5) is 0 Å². The lowest BCUT2D eigenvalue weighted by Crippen LogP contribution is -2.45. The van der Waals surface area contributed by atoms with E-state index in [2.05, 4.69) is 0 Å². The summed E-state index contributed by atoms with van der Waals surface area (Å²) in [5.41, 5.74) is 2.20. The van der Waals surface area contributed by atoms with Gasteiger partial charge in [0.05, 0.1) is 12.7 Å². The Morgan fingerprint density at radius 3 is 2.52 bits per heavy atom. The Labute approximate surface area is 158 Å². The molecule has 2 aliphatic heterocycles. The molecule has 2 heterocycles. The predicted octanol–water partition coefficient (Wildman–Crippen LogP) is 3.32. The monoisotopic (exact) mass is 365 g/mol. The number of fused-ring (bicyclic) bond motifs is 2. The summed E-state index contributed by atoms with van der Waals surface area (Å²) in [5.74, 6) is 0.723. The molecule has 2 aromatic carbocycles. The van der Waals surface area contributed by atoms with Gasteiger partial charge in [0.15, 0.2) is 0 Å². The molecule has 2 aromatic rings. The Hall–Kier alpha value is -2.82. The molecule has 0 N–H and O–H groups in total. The van der Waals surface area contributed by atoms with Gasteiger partial charge in [0.1, 0.15) is 11.4 Å². The molecule has 4 rings (SSSR count). The number of benzene rings is 2. The first kappa shape index (κ1) is 17.6. The molecule has 0 saturated carbocycles. The molecule has 0 atom stereocenters. The van der Waals surface area contributed by atoms with Gasteiger partial charge in [-0.05, 0) is 30.2 Å². The van der Waals surface area contributed by atoms with Gasteiger partial charge in [0, 0.05) is 37.9 Å². The summed E-state index contributed by atoms with van der Waals surface area (Å²) in [6.45, 7) is 1.23. The van der Waals surface area contributed by atoms with Crippen LogP contribution in [-0.2, 0) is 21.6 Å². The van der Waals surface area contributed by atoms with Crippen molar-refractivity contribution in [2.45, 2.75) is 31.3 Å². The Morgan fingerprint density at radius 2 is 1.81 bits per heavy atom. The number of amides is 1. The van der Waals surface area contributed by atoms with Crippen LogP contribution in [0.1, 0.15) is 40.7 Å². The molecule has 0 unspecified atom stereocenters. The first-order chi connectivity index (χ1) is 13.1. The lowest BCUT2D eigenvalue weighted by atomic mass is 9.83. The van der Waals surface area contributed by atoms with Crippen LogP contribution in [0.15, 0.2) is 48.5 Å². The maximum Gasteiger partial charge on any atom is 0.339 e. The third-order valence-electron chi connectivity index (χ3n) is 5.64. The van der Waals surface area contributed by atoms with Crippen LogP contribution >= 0.6 is 0 Å². The summed E-state index contributed by atoms with van der Waals surface area (Å²) in [7, 11) is 1.64. The number of hydrogen-bond donors (Lipinski definition) is 0. The van der Waals surface area contributed by atoms with Crippen LogP contribution < -0.4 is 4.74 Å². The van der Waals surface area contributed by atoms with Crippen molar-refractivity contribution >= 4 is 11.9 Å². The van der Waals surface area contributed by atoms with Crippen molar-refractivity contribution in [3.05, 3.63) is 65.2 Å². The normalized spacial score (nSPS) is 17.5. The van der Waals surface area contributed by atoms with Crippen molar-refractivity contribution in [2.24, 2.45) is 0 Å². The second-order valence-electron chi connectivity index (χ2n) is 7.16. The van der Waals surface area contributed by atoms with E-state index in [4.69, 9.17) is 9.47 Å². The smallest absolute Gasteiger partial charge is 0.339 e. The summed E-state index contributed by atoms with van der Waals surface area (Å²) in [6, 6.07) is 15.4. The van der Waals surface area contributed by atoms with Crippen molar-refractivity contribution in [3.8, 4) is 5.75 Å². The molecule has 5 heteroatoms. The van der Waals surface area contributed by atoms with Gasteiger partial charge in [-0.15, -0.1) is 0 Å². The number of carbonyl (C=O) groups is 2. The van der Waals surface area contributed by atoms with E-state index in [0.717, 1.165) is 16.9 Å². The second kappa shape index (κ2) is 7.06. The van der Waals surface area contributed by atoms with E-state index in [1.807, 2.05) is 53.4 Å². The molecule has 0 aliphatic carbocycles. The van der Waals surface area contributed by atoms with Gasteiger partial charge in [-0.25, -0.2) is 4.79 Å². The lowest BCUT2D eigenvalue weighted by molar-refractivity contribution is -0.135. The van der Waals surface area contributed by atoms with Crippen molar-refractivity contribution in [2.75, 3.05) is 20.2 Å². The Morgan fingerprint density at radius 1 is 1.11 bits per heavy atom. The first-order valence-electron chi connectivity index (χ1n) is 9.35. The van der Waals surface area contributed by atoms with Gasteiger partial charge in [-0.1, -0.05) is 30.3 Å². The van der Waals surface area contributed by atoms with Gasteiger partial charge >= 0.3 is 5.97 Å². The van der Waals surface area contributed by atoms with E-state index in [9.17, 15) is 9.59 Å². The number of nitrogens with zero attached hydrogens (tertiary/aromatic N) is 1. The van der Waals surface area contributed by atoms with Gasteiger partial charge in [-0.3, -0.25) is 4.79 Å². The number of esters is 1. The predicted molar refractivity (Wildman–Crippen MR) is 101 cm³/mol. The topological polar surface area (TPSA) is 55.8 Å². The number of rotatable bonds is 4. The zero-order chi connectivity index (χ0) is 18.9. The fourth-order valence-corrected chi connectivity index (χ4v) is 4.04. The molecule has 27 heavy (non-hydrogen) atoms. The second-order valence-corrected chi connectivity index (χ2v) is 7.16. The number of carbonyl (C=O) groups excluding carboxylic acids is 2. The molecule has 1 saturated heterocycles. The summed E-state index contributed by atoms with van der Waals surface area (Å²) in [5, 5.41) is 0. The highest BCUT2D eigenvalue weighted by molar-refractivity contribution is 5.94. The molecule has 1 fully saturated rings. The Kier molecular flexibility index (Phi) is 4.60. The molecule has 0 radical (unpaired) electrons.